The van der Waals surface area contributed by atoms with Gasteiger partial charge in [0, 0.05) is 0 Å². The van der Waals surface area contributed by atoms with Crippen molar-refractivity contribution < 1.29 is 19.2 Å². The zero-order valence-corrected chi connectivity index (χ0v) is 64.6. The van der Waals surface area contributed by atoms with Crippen LogP contribution in [0, 0.1) is 0 Å². The molecule has 3 heteroatoms. The summed E-state index contributed by atoms with van der Waals surface area (Å²) >= 11 is 2.04. The Kier molecular flexibility index (Phi) is 70.3. The van der Waals surface area contributed by atoms with E-state index in [0.29, 0.717) is 0 Å². The fourth-order valence-electron chi connectivity index (χ4n) is 13.7. The van der Waals surface area contributed by atoms with E-state index in [4.69, 9.17) is 0 Å². The molecule has 0 N–H and O–H groups in total. The molecule has 93 heavy (non-hydrogen) atoms. The summed E-state index contributed by atoms with van der Waals surface area (Å²) in [6.45, 7) is 13.7. The average Bonchev–Trinajstić information content (AvgIpc) is 0.841. The Hall–Kier alpha value is -2.43. The third-order valence-electron chi connectivity index (χ3n) is 19.8. The normalized spacial score (nSPS) is 11.8. The number of unbranched alkanes of at least 4 members (excludes halogenated alkanes) is 53. The van der Waals surface area contributed by atoms with Crippen LogP contribution < -0.4 is 0 Å². The topological polar surface area (TPSA) is 36.4 Å². The Balaban J connectivity index is 0.00000102. The molecule has 540 valence electrons. The van der Waals surface area contributed by atoms with Gasteiger partial charge in [-0.2, -0.15) is 0 Å². The second kappa shape index (κ2) is 73.8. The molecule has 0 fully saturated rings. The number of nitrogens with zero attached hydrogens (tertiary/aromatic N) is 2. The monoisotopic (exact) mass is 1330 g/mol. The molecule has 0 saturated carbocycles. The Morgan fingerprint density at radius 1 is 0.344 bits per heavy atom. The molecule has 0 aliphatic heterocycles. The Morgan fingerprint density at radius 3 is 1.10 bits per heavy atom. The molecule has 2 nitrogen and oxygen atoms in total. The summed E-state index contributed by atoms with van der Waals surface area (Å²) < 4.78 is 0. The molecule has 0 aliphatic carbocycles. The molecule has 2 rings (SSSR count). The summed E-state index contributed by atoms with van der Waals surface area (Å²) in [6, 6.07) is 18.5. The molecule has 0 amide bonds. The van der Waals surface area contributed by atoms with Gasteiger partial charge in [0.05, 0.1) is 5.57 Å². The number of rotatable bonds is 70. The molecule has 0 aliphatic rings. The molecule has 0 spiro atoms. The van der Waals surface area contributed by atoms with Crippen molar-refractivity contribution in [2.75, 3.05) is 0 Å². The van der Waals surface area contributed by atoms with Crippen LogP contribution in [0.2, 0.25) is 10.8 Å². The Morgan fingerprint density at radius 2 is 0.699 bits per heavy atom. The number of benzene rings is 2. The summed E-state index contributed by atoms with van der Waals surface area (Å²) in [7, 11) is 0. The maximum atomic E-state index is 9.87. The summed E-state index contributed by atoms with van der Waals surface area (Å²) in [6.07, 6.45) is 93.1. The fraction of sp³-hybridized carbons (Fsp3) is 0.800. The van der Waals surface area contributed by atoms with E-state index in [9.17, 15) is 5.53 Å². The van der Waals surface area contributed by atoms with E-state index in [0.717, 1.165) is 63.4 Å². The Labute approximate surface area is 589 Å². The standard InChI is InChI=1S/C54H86N2.2C18H37.Ni/c1-5-9-13-15-17-18-19-20-21-22-23-24-25-26-27-28-29-30-31-33-41-49-42-35-36-45-52(49)54(50-43-37-39-48(46-50)38-11-7-3)53(44-34-32-16-14-10-6-2)51(47-56-55)40-12-8-4;2*1-3-5-7-9-11-13-15-17-18-16-14-12-10-8-6-4-2;/h29-30,35-37,39,42-43,45-46H,5-28,31-34,38,40-41,44H2,1-4H3;2*1,3-18H2,2H3;. The van der Waals surface area contributed by atoms with Gasteiger partial charge in [0.2, 0.25) is 0 Å². The van der Waals surface area contributed by atoms with E-state index in [-0.39, 0.29) is 0 Å². The van der Waals surface area contributed by atoms with Crippen LogP contribution in [0.15, 0.2) is 71.8 Å². The van der Waals surface area contributed by atoms with Crippen LogP contribution in [0.1, 0.15) is 462 Å². The van der Waals surface area contributed by atoms with Crippen molar-refractivity contribution >= 4 is 11.4 Å². The fourth-order valence-corrected chi connectivity index (χ4v) is 14.9. The molecule has 0 saturated heterocycles. The van der Waals surface area contributed by atoms with E-state index in [2.05, 4.69) is 113 Å². The molecular formula is C90H160N2Ni. The van der Waals surface area contributed by atoms with Gasteiger partial charge in [-0.3, -0.25) is 0 Å². The molecule has 2 aromatic carbocycles. The van der Waals surface area contributed by atoms with Crippen molar-refractivity contribution in [3.63, 3.8) is 0 Å². The summed E-state index contributed by atoms with van der Waals surface area (Å²) in [5, 5.41) is 2.87. The zero-order valence-electron chi connectivity index (χ0n) is 63.7. The third-order valence-corrected chi connectivity index (χ3v) is 21.2. The van der Waals surface area contributed by atoms with Crippen LogP contribution in [-0.2, 0) is 27.3 Å². The van der Waals surface area contributed by atoms with E-state index in [1.54, 1.807) is 0 Å². The molecule has 0 radical (unpaired) electrons. The second-order valence-corrected chi connectivity index (χ2v) is 30.3. The van der Waals surface area contributed by atoms with E-state index >= 15 is 0 Å². The molecule has 0 atom stereocenters. The van der Waals surface area contributed by atoms with Gasteiger partial charge in [-0.05, 0) is 104 Å². The number of hydrogen-bond acceptors (Lipinski definition) is 0. The van der Waals surface area contributed by atoms with Gasteiger partial charge in [-0.15, -0.1) is 4.79 Å². The minimum Gasteiger partial charge on any atom is -0.0654 e. The molecule has 0 bridgehead atoms. The van der Waals surface area contributed by atoms with Crippen LogP contribution in [0.3, 0.4) is 0 Å². The van der Waals surface area contributed by atoms with Crippen LogP contribution in [0.4, 0.5) is 0 Å². The van der Waals surface area contributed by atoms with E-state index in [1.807, 2.05) is 14.4 Å². The molecule has 0 aromatic heterocycles. The van der Waals surface area contributed by atoms with Crippen molar-refractivity contribution in [3.05, 3.63) is 99.6 Å². The van der Waals surface area contributed by atoms with Gasteiger partial charge in [-0.25, -0.2) is 0 Å². The second-order valence-electron chi connectivity index (χ2n) is 28.8. The van der Waals surface area contributed by atoms with Crippen LogP contribution in [0.25, 0.3) is 11.1 Å². The minimum absolute atomic E-state index is 0.886. The SMILES string of the molecule is CCCCCCCCCCCCCCCCCC=CCCCc1ccccc1C(=C(CCCCCCCC)C(=C=[N+]=[N-])CCCC)c1cccc(CCCC)c1.CCCCCCCCCCCCCCCCC[CH2][Ni][CH2]CCCCCCCCCCCCCCCCC. The summed E-state index contributed by atoms with van der Waals surface area (Å²) in [4.78, 5) is 3.53. The predicted molar refractivity (Wildman–Crippen MR) is 418 cm³/mol. The van der Waals surface area contributed by atoms with Gasteiger partial charge in [0.1, 0.15) is 0 Å². The zero-order chi connectivity index (χ0) is 66.9. The summed E-state index contributed by atoms with van der Waals surface area (Å²) in [5.41, 5.74) is 19.1. The third kappa shape index (κ3) is 57.2. The van der Waals surface area contributed by atoms with Crippen molar-refractivity contribution in [1.82, 2.24) is 0 Å². The molecule has 2 aromatic rings. The maximum absolute atomic E-state index is 9.87. The number of aryl methyl sites for hydroxylation is 2. The molecular weight excluding hydrogens is 1170 g/mol. The molecule has 0 unspecified atom stereocenters. The number of allylic oxidation sites excluding steroid dienone is 4. The minimum atomic E-state index is 0.886. The van der Waals surface area contributed by atoms with Gasteiger partial charge in [0.25, 0.3) is 0 Å². The quantitative estimate of drug-likeness (QED) is 0.0120. The first-order chi connectivity index (χ1) is 46.1. The van der Waals surface area contributed by atoms with Crippen molar-refractivity contribution in [3.8, 4) is 0 Å². The van der Waals surface area contributed by atoms with Gasteiger partial charge in [-0.1, -0.05) is 301 Å². The predicted octanol–water partition coefficient (Wildman–Crippen LogP) is 32.2. The average molecular weight is 1330 g/mol. The van der Waals surface area contributed by atoms with Crippen LogP contribution in [-0.4, -0.2) is 10.7 Å². The van der Waals surface area contributed by atoms with Crippen molar-refractivity contribution in [2.24, 2.45) is 0 Å². The van der Waals surface area contributed by atoms with Crippen LogP contribution in [0.5, 0.6) is 0 Å². The van der Waals surface area contributed by atoms with E-state index in [1.165, 1.54) is 397 Å². The molecule has 0 heterocycles. The first kappa shape index (κ1) is 88.6. The Bertz CT molecular complexity index is 1960. The van der Waals surface area contributed by atoms with Gasteiger partial charge >= 0.3 is 172 Å². The van der Waals surface area contributed by atoms with Crippen molar-refractivity contribution in [2.45, 2.75) is 463 Å². The van der Waals surface area contributed by atoms with Crippen molar-refractivity contribution in [1.29, 1.82) is 0 Å². The smallest absolute Gasteiger partial charge is 0.0654 e. The van der Waals surface area contributed by atoms with E-state index < -0.39 is 0 Å². The van der Waals surface area contributed by atoms with Gasteiger partial charge < -0.3 is 5.53 Å². The van der Waals surface area contributed by atoms with Crippen LogP contribution >= 0.6 is 0 Å². The summed E-state index contributed by atoms with van der Waals surface area (Å²) in [5.74, 6) is 3.10. The number of hydrogen-bond donors (Lipinski definition) is 0. The first-order valence-corrected chi connectivity index (χ1v) is 43.5. The van der Waals surface area contributed by atoms with Gasteiger partial charge in [0.15, 0.2) is 0 Å². The first-order valence-electron chi connectivity index (χ1n) is 42.1.